The molecule has 8 nitrogen and oxygen atoms in total. The summed E-state index contributed by atoms with van der Waals surface area (Å²) >= 11 is 0. The predicted molar refractivity (Wildman–Crippen MR) is 173 cm³/mol. The molecule has 1 saturated carbocycles. The third kappa shape index (κ3) is 4.27. The number of fused-ring (bicyclic) bond motifs is 6. The summed E-state index contributed by atoms with van der Waals surface area (Å²) in [6.45, 7) is 4.50. The lowest BCUT2D eigenvalue weighted by atomic mass is 9.79. The van der Waals surface area contributed by atoms with Gasteiger partial charge in [-0.3, -0.25) is 4.90 Å². The molecule has 5 atom stereocenters. The van der Waals surface area contributed by atoms with Gasteiger partial charge in [0.15, 0.2) is 11.3 Å². The summed E-state index contributed by atoms with van der Waals surface area (Å²) in [5.74, 6) is 0.630. The van der Waals surface area contributed by atoms with Crippen LogP contribution in [0.15, 0.2) is 30.5 Å². The average Bonchev–Trinajstić information content (AvgIpc) is 3.90. The van der Waals surface area contributed by atoms with Crippen LogP contribution in [0.4, 0.5) is 13.2 Å². The fraction of sp³-hybridized carbons (Fsp3) is 0.472. The lowest BCUT2D eigenvalue weighted by Gasteiger charge is -2.37. The van der Waals surface area contributed by atoms with Crippen molar-refractivity contribution in [2.24, 2.45) is 5.92 Å². The van der Waals surface area contributed by atoms with Gasteiger partial charge in [-0.1, -0.05) is 6.92 Å². The molecule has 5 aliphatic rings. The van der Waals surface area contributed by atoms with Crippen LogP contribution >= 0.6 is 0 Å². The minimum Gasteiger partial charge on any atom is -0.474 e. The number of aryl methyl sites for hydroxylation is 2. The lowest BCUT2D eigenvalue weighted by Crippen LogP contribution is -2.43. The summed E-state index contributed by atoms with van der Waals surface area (Å²) in [6.07, 6.45) is 5.30. The van der Waals surface area contributed by atoms with E-state index in [4.69, 9.17) is 14.7 Å². The molecule has 4 saturated heterocycles. The molecule has 11 heteroatoms. The van der Waals surface area contributed by atoms with E-state index in [1.807, 2.05) is 6.07 Å². The molecule has 3 aromatic heterocycles. The lowest BCUT2D eigenvalue weighted by molar-refractivity contribution is 0.112. The number of hydrogen-bond acceptors (Lipinski definition) is 6. The molecule has 0 spiro atoms. The first kappa shape index (κ1) is 29.0. The van der Waals surface area contributed by atoms with Crippen molar-refractivity contribution in [3.8, 4) is 23.1 Å². The maximum atomic E-state index is 17.3. The number of H-pyrrole nitrogens is 1. The Kier molecular flexibility index (Phi) is 6.60. The Bertz CT molecular complexity index is 2100. The third-order valence-electron chi connectivity index (χ3n) is 11.3. The quantitative estimate of drug-likeness (QED) is 0.201. The van der Waals surface area contributed by atoms with Gasteiger partial charge in [-0.15, -0.1) is 0 Å². The second kappa shape index (κ2) is 10.7. The van der Waals surface area contributed by atoms with E-state index in [0.717, 1.165) is 43.7 Å². The largest absolute Gasteiger partial charge is 0.474 e. The molecular formula is C36H36F3N7O. The Morgan fingerprint density at radius 2 is 2.06 bits per heavy atom. The predicted octanol–water partition coefficient (Wildman–Crippen LogP) is 6.52. The molecule has 242 valence electrons. The number of halogens is 3. The number of nitriles is 1. The topological polar surface area (TPSA) is 94.8 Å². The van der Waals surface area contributed by atoms with Crippen molar-refractivity contribution >= 4 is 32.8 Å². The van der Waals surface area contributed by atoms with Gasteiger partial charge in [0.1, 0.15) is 29.9 Å². The van der Waals surface area contributed by atoms with Crippen LogP contribution in [0.3, 0.4) is 0 Å². The molecule has 0 amide bonds. The van der Waals surface area contributed by atoms with E-state index in [1.165, 1.54) is 12.1 Å². The summed E-state index contributed by atoms with van der Waals surface area (Å²) in [5.41, 5.74) is 3.26. The highest BCUT2D eigenvalue weighted by molar-refractivity contribution is 6.08. The molecule has 47 heavy (non-hydrogen) atoms. The summed E-state index contributed by atoms with van der Waals surface area (Å²) in [4.78, 5) is 15.3. The fourth-order valence-corrected chi connectivity index (χ4v) is 9.16. The number of nitrogens with one attached hydrogen (secondary N) is 2. The smallest absolute Gasteiger partial charge is 0.243 e. The van der Waals surface area contributed by atoms with E-state index in [2.05, 4.69) is 32.8 Å². The number of alkyl halides is 1. The van der Waals surface area contributed by atoms with Crippen LogP contribution in [-0.2, 0) is 12.8 Å². The van der Waals surface area contributed by atoms with Crippen LogP contribution in [0, 0.1) is 28.9 Å². The van der Waals surface area contributed by atoms with E-state index in [0.29, 0.717) is 76.3 Å². The molecule has 0 radical (unpaired) electrons. The van der Waals surface area contributed by atoms with Crippen LogP contribution in [0.1, 0.15) is 56.5 Å². The highest BCUT2D eigenvalue weighted by Gasteiger charge is 2.51. The van der Waals surface area contributed by atoms with Crippen LogP contribution in [0.5, 0.6) is 5.88 Å². The Morgan fingerprint density at radius 1 is 1.17 bits per heavy atom. The van der Waals surface area contributed by atoms with Gasteiger partial charge in [0.25, 0.3) is 0 Å². The zero-order chi connectivity index (χ0) is 32.0. The number of aromatic amines is 1. The van der Waals surface area contributed by atoms with Crippen LogP contribution in [-0.4, -0.2) is 68.4 Å². The number of rotatable bonds is 8. The van der Waals surface area contributed by atoms with Gasteiger partial charge in [-0.25, -0.2) is 23.1 Å². The van der Waals surface area contributed by atoms with Gasteiger partial charge >= 0.3 is 0 Å². The van der Waals surface area contributed by atoms with E-state index in [1.54, 1.807) is 12.3 Å². The number of benzene rings is 2. The molecule has 2 aromatic carbocycles. The van der Waals surface area contributed by atoms with Gasteiger partial charge < -0.3 is 19.6 Å². The van der Waals surface area contributed by atoms with Crippen LogP contribution in [0.2, 0.25) is 0 Å². The highest BCUT2D eigenvalue weighted by atomic mass is 19.1. The van der Waals surface area contributed by atoms with Crippen LogP contribution < -0.4 is 10.1 Å². The minimum atomic E-state index is -0.899. The van der Waals surface area contributed by atoms with E-state index in [9.17, 15) is 14.0 Å². The van der Waals surface area contributed by atoms with Gasteiger partial charge in [-0.2, -0.15) is 5.26 Å². The van der Waals surface area contributed by atoms with E-state index < -0.39 is 23.3 Å². The first-order chi connectivity index (χ1) is 22.9. The standard InChI is InChI=1S/C36H36F3N7O/c1-2-28-43-32-34(46(28)33-20-12-27(33)41-15-20)24-11-19(5-3-9-40)29(25-16-42-26-7-6-21(37)13-23(25)26)30(39)31(24)44-35(32)47-18-36-8-4-10-45(36)17-22(38)14-36/h6-7,11,13,16,20,22,27,33,41-42H,2-5,8,10,12,14-15,17-18H2,1H3/t20?,22-,27?,33?,36+/m1/s1. The van der Waals surface area contributed by atoms with Crippen molar-refractivity contribution in [2.45, 2.75) is 75.7 Å². The number of ether oxygens (including phenoxy) is 1. The van der Waals surface area contributed by atoms with E-state index in [-0.39, 0.29) is 30.5 Å². The van der Waals surface area contributed by atoms with Gasteiger partial charge in [0.2, 0.25) is 5.88 Å². The number of hydrogen-bond donors (Lipinski definition) is 2. The molecule has 4 aliphatic heterocycles. The minimum absolute atomic E-state index is 0.146. The number of imidazole rings is 1. The third-order valence-corrected chi connectivity index (χ3v) is 11.3. The second-order valence-electron chi connectivity index (χ2n) is 13.9. The first-order valence-corrected chi connectivity index (χ1v) is 16.8. The maximum Gasteiger partial charge on any atom is 0.243 e. The number of aromatic nitrogens is 4. The Labute approximate surface area is 269 Å². The van der Waals surface area contributed by atoms with Crippen molar-refractivity contribution in [3.63, 3.8) is 0 Å². The molecule has 2 N–H and O–H groups in total. The monoisotopic (exact) mass is 639 g/mol. The number of nitrogens with zero attached hydrogens (tertiary/aromatic N) is 5. The van der Waals surface area contributed by atoms with Gasteiger partial charge in [0, 0.05) is 72.0 Å². The van der Waals surface area contributed by atoms with E-state index >= 15 is 4.39 Å². The Balaban J connectivity index is 1.29. The Hall–Kier alpha value is -4.14. The summed E-state index contributed by atoms with van der Waals surface area (Å²) < 4.78 is 55.3. The first-order valence-electron chi connectivity index (χ1n) is 16.8. The summed E-state index contributed by atoms with van der Waals surface area (Å²) in [6, 6.07) is 9.06. The average molecular weight is 640 g/mol. The molecule has 3 unspecified atom stereocenters. The van der Waals surface area contributed by atoms with Crippen molar-refractivity contribution in [1.29, 1.82) is 5.26 Å². The van der Waals surface area contributed by atoms with Crippen molar-refractivity contribution in [2.75, 3.05) is 26.2 Å². The molecule has 7 heterocycles. The number of pyridine rings is 1. The molecule has 5 fully saturated rings. The van der Waals surface area contributed by atoms with Crippen molar-refractivity contribution < 1.29 is 17.9 Å². The summed E-state index contributed by atoms with van der Waals surface area (Å²) in [5, 5.41) is 14.4. The molecular weight excluding hydrogens is 603 g/mol. The zero-order valence-electron chi connectivity index (χ0n) is 26.3. The van der Waals surface area contributed by atoms with Gasteiger partial charge in [0.05, 0.1) is 23.2 Å². The van der Waals surface area contributed by atoms with Gasteiger partial charge in [-0.05, 0) is 68.0 Å². The molecule has 10 rings (SSSR count). The van der Waals surface area contributed by atoms with Crippen molar-refractivity contribution in [3.05, 3.63) is 53.5 Å². The SMILES string of the molecule is CCc1nc2c(OC[C@@]34CCCN3C[C@H](F)C4)nc3c(F)c(-c4c[nH]c5ccc(F)cc45)c(CCC#N)cc3c2n1C1C2CNC1C2. The zero-order valence-corrected chi connectivity index (χ0v) is 26.3. The maximum absolute atomic E-state index is 17.3. The molecule has 5 aromatic rings. The Morgan fingerprint density at radius 3 is 2.85 bits per heavy atom. The van der Waals surface area contributed by atoms with Crippen LogP contribution in [0.25, 0.3) is 44.0 Å². The molecule has 2 bridgehead atoms. The second-order valence-corrected chi connectivity index (χ2v) is 13.9. The summed E-state index contributed by atoms with van der Waals surface area (Å²) in [7, 11) is 0. The highest BCUT2D eigenvalue weighted by Crippen LogP contribution is 2.49. The van der Waals surface area contributed by atoms with Crippen molar-refractivity contribution in [1.82, 2.24) is 29.7 Å². The normalized spacial score (nSPS) is 26.8. The fourth-order valence-electron chi connectivity index (χ4n) is 9.16. The molecule has 1 aliphatic carbocycles.